The highest BCUT2D eigenvalue weighted by atomic mass is 79.9. The Morgan fingerprint density at radius 1 is 1.36 bits per heavy atom. The van der Waals surface area contributed by atoms with Crippen LogP contribution in [0.25, 0.3) is 0 Å². The van der Waals surface area contributed by atoms with Crippen LogP contribution < -0.4 is 4.74 Å². The summed E-state index contributed by atoms with van der Waals surface area (Å²) < 4.78 is 12.1. The van der Waals surface area contributed by atoms with Gasteiger partial charge in [-0.15, -0.1) is 0 Å². The molecule has 0 bridgehead atoms. The third-order valence-electron chi connectivity index (χ3n) is 3.43. The van der Waals surface area contributed by atoms with Gasteiger partial charge in [-0.3, -0.25) is 4.98 Å². The van der Waals surface area contributed by atoms with Crippen LogP contribution in [-0.4, -0.2) is 41.3 Å². The third kappa shape index (κ3) is 5.48. The summed E-state index contributed by atoms with van der Waals surface area (Å²) in [4.78, 5) is 17.9. The Morgan fingerprint density at radius 2 is 2.05 bits per heavy atom. The molecule has 0 radical (unpaired) electrons. The van der Waals surface area contributed by atoms with E-state index in [-0.39, 0.29) is 6.09 Å². The van der Waals surface area contributed by atoms with Gasteiger partial charge >= 0.3 is 6.09 Å². The van der Waals surface area contributed by atoms with Gasteiger partial charge in [0.1, 0.15) is 11.4 Å². The number of hydrogen-bond donors (Lipinski definition) is 0. The molecule has 1 saturated heterocycles. The molecule has 1 aliphatic heterocycles. The Balaban J connectivity index is 1.74. The lowest BCUT2D eigenvalue weighted by Gasteiger charge is -2.33. The van der Waals surface area contributed by atoms with Gasteiger partial charge in [-0.05, 0) is 61.5 Å². The number of aromatic nitrogens is 1. The Bertz CT molecular complexity index is 508. The summed E-state index contributed by atoms with van der Waals surface area (Å²) in [6.45, 7) is 7.76. The van der Waals surface area contributed by atoms with Crippen LogP contribution in [0, 0.1) is 5.92 Å². The predicted molar refractivity (Wildman–Crippen MR) is 88.0 cm³/mol. The minimum atomic E-state index is -0.440. The molecule has 2 rings (SSSR count). The number of likely N-dealkylation sites (tertiary alicyclic amines) is 1. The van der Waals surface area contributed by atoms with Crippen LogP contribution in [0.1, 0.15) is 33.6 Å². The number of pyridine rings is 1. The summed E-state index contributed by atoms with van der Waals surface area (Å²) in [5.74, 6) is 1.22. The van der Waals surface area contributed by atoms with Gasteiger partial charge in [-0.1, -0.05) is 0 Å². The zero-order chi connectivity index (χ0) is 16.2. The van der Waals surface area contributed by atoms with Crippen molar-refractivity contribution in [3.8, 4) is 5.75 Å². The maximum absolute atomic E-state index is 12.0. The number of nitrogens with zero attached hydrogens (tertiary/aromatic N) is 2. The summed E-state index contributed by atoms with van der Waals surface area (Å²) >= 11 is 3.38. The average Bonchev–Trinajstić information content (AvgIpc) is 2.44. The SMILES string of the molecule is CC(C)(C)OC(=O)N1CCC(COc2cncc(Br)c2)CC1. The zero-order valence-corrected chi connectivity index (χ0v) is 14.9. The van der Waals surface area contributed by atoms with Crippen molar-refractivity contribution in [1.82, 2.24) is 9.88 Å². The number of ether oxygens (including phenoxy) is 2. The second-order valence-electron chi connectivity index (χ2n) is 6.56. The topological polar surface area (TPSA) is 51.7 Å². The summed E-state index contributed by atoms with van der Waals surface area (Å²) in [5, 5.41) is 0. The molecule has 1 aromatic rings. The summed E-state index contributed by atoms with van der Waals surface area (Å²) in [5.41, 5.74) is -0.440. The number of hydrogen-bond acceptors (Lipinski definition) is 4. The maximum atomic E-state index is 12.0. The van der Waals surface area contributed by atoms with Crippen molar-refractivity contribution in [2.45, 2.75) is 39.2 Å². The van der Waals surface area contributed by atoms with Crippen molar-refractivity contribution in [2.24, 2.45) is 5.92 Å². The van der Waals surface area contributed by atoms with E-state index >= 15 is 0 Å². The number of rotatable bonds is 3. The second-order valence-corrected chi connectivity index (χ2v) is 7.48. The molecule has 0 aromatic carbocycles. The van der Waals surface area contributed by atoms with Gasteiger partial charge in [0.25, 0.3) is 0 Å². The fourth-order valence-corrected chi connectivity index (χ4v) is 2.64. The molecule has 1 fully saturated rings. The molecular formula is C16H23BrN2O3. The lowest BCUT2D eigenvalue weighted by Crippen LogP contribution is -2.42. The lowest BCUT2D eigenvalue weighted by atomic mass is 9.98. The van der Waals surface area contributed by atoms with E-state index in [0.717, 1.165) is 36.2 Å². The van der Waals surface area contributed by atoms with Crippen molar-refractivity contribution in [3.63, 3.8) is 0 Å². The number of carbonyl (C=O) groups excluding carboxylic acids is 1. The molecule has 0 unspecified atom stereocenters. The van der Waals surface area contributed by atoms with Crippen LogP contribution in [0.2, 0.25) is 0 Å². The highest BCUT2D eigenvalue weighted by molar-refractivity contribution is 9.10. The Labute approximate surface area is 140 Å². The molecule has 0 N–H and O–H groups in total. The molecule has 22 heavy (non-hydrogen) atoms. The first kappa shape index (κ1) is 17.1. The first-order chi connectivity index (χ1) is 10.3. The van der Waals surface area contributed by atoms with E-state index in [0.29, 0.717) is 12.5 Å². The first-order valence-corrected chi connectivity index (χ1v) is 8.34. The van der Waals surface area contributed by atoms with Crippen molar-refractivity contribution >= 4 is 22.0 Å². The summed E-state index contributed by atoms with van der Waals surface area (Å²) in [6, 6.07) is 1.91. The van der Waals surface area contributed by atoms with Crippen molar-refractivity contribution in [2.75, 3.05) is 19.7 Å². The normalized spacial score (nSPS) is 16.5. The van der Waals surface area contributed by atoms with Gasteiger partial charge in [-0.25, -0.2) is 4.79 Å². The smallest absolute Gasteiger partial charge is 0.410 e. The molecule has 2 heterocycles. The quantitative estimate of drug-likeness (QED) is 0.810. The van der Waals surface area contributed by atoms with Gasteiger partial charge in [0.2, 0.25) is 0 Å². The fourth-order valence-electron chi connectivity index (χ4n) is 2.29. The number of carbonyl (C=O) groups is 1. The van der Waals surface area contributed by atoms with E-state index in [1.165, 1.54) is 0 Å². The standard InChI is InChI=1S/C16H23BrN2O3/c1-16(2,3)22-15(20)19-6-4-12(5-7-19)11-21-14-8-13(17)9-18-10-14/h8-10,12H,4-7,11H2,1-3H3. The molecule has 0 spiro atoms. The minimum absolute atomic E-state index is 0.219. The van der Waals surface area contributed by atoms with E-state index < -0.39 is 5.60 Å². The van der Waals surface area contributed by atoms with Crippen LogP contribution in [0.5, 0.6) is 5.75 Å². The average molecular weight is 371 g/mol. The predicted octanol–water partition coefficient (Wildman–Crippen LogP) is 3.87. The van der Waals surface area contributed by atoms with Gasteiger partial charge in [-0.2, -0.15) is 0 Å². The second kappa shape index (κ2) is 7.31. The van der Waals surface area contributed by atoms with Gasteiger partial charge in [0.05, 0.1) is 12.8 Å². The molecular weight excluding hydrogens is 348 g/mol. The Hall–Kier alpha value is -1.30. The van der Waals surface area contributed by atoms with E-state index in [2.05, 4.69) is 20.9 Å². The maximum Gasteiger partial charge on any atom is 0.410 e. The molecule has 6 heteroatoms. The minimum Gasteiger partial charge on any atom is -0.492 e. The van der Waals surface area contributed by atoms with Crippen LogP contribution in [0.4, 0.5) is 4.79 Å². The molecule has 0 atom stereocenters. The molecule has 1 aliphatic rings. The van der Waals surface area contributed by atoms with E-state index in [9.17, 15) is 4.79 Å². The lowest BCUT2D eigenvalue weighted by molar-refractivity contribution is 0.0165. The van der Waals surface area contributed by atoms with Crippen molar-refractivity contribution in [1.29, 1.82) is 0 Å². The molecule has 1 aromatic heterocycles. The fraction of sp³-hybridized carbons (Fsp3) is 0.625. The molecule has 1 amide bonds. The molecule has 122 valence electrons. The van der Waals surface area contributed by atoms with E-state index in [4.69, 9.17) is 9.47 Å². The van der Waals surface area contributed by atoms with Gasteiger partial charge in [0, 0.05) is 23.8 Å². The largest absolute Gasteiger partial charge is 0.492 e. The van der Waals surface area contributed by atoms with Crippen molar-refractivity contribution in [3.05, 3.63) is 22.9 Å². The molecule has 0 aliphatic carbocycles. The van der Waals surface area contributed by atoms with Gasteiger partial charge in [0.15, 0.2) is 0 Å². The molecule has 5 nitrogen and oxygen atoms in total. The highest BCUT2D eigenvalue weighted by Crippen LogP contribution is 2.22. The van der Waals surface area contributed by atoms with Crippen LogP contribution in [0.3, 0.4) is 0 Å². The monoisotopic (exact) mass is 370 g/mol. The number of amides is 1. The number of piperidine rings is 1. The Kier molecular flexibility index (Phi) is 5.67. The van der Waals surface area contributed by atoms with E-state index in [1.807, 2.05) is 26.8 Å². The van der Waals surface area contributed by atoms with Crippen molar-refractivity contribution < 1.29 is 14.3 Å². The Morgan fingerprint density at radius 3 is 2.64 bits per heavy atom. The molecule has 0 saturated carbocycles. The summed E-state index contributed by atoms with van der Waals surface area (Å²) in [6.07, 6.45) is 5.08. The third-order valence-corrected chi connectivity index (χ3v) is 3.87. The summed E-state index contributed by atoms with van der Waals surface area (Å²) in [7, 11) is 0. The first-order valence-electron chi connectivity index (χ1n) is 7.55. The van der Waals surface area contributed by atoms with Crippen LogP contribution in [-0.2, 0) is 4.74 Å². The highest BCUT2D eigenvalue weighted by Gasteiger charge is 2.27. The van der Waals surface area contributed by atoms with Gasteiger partial charge < -0.3 is 14.4 Å². The van der Waals surface area contributed by atoms with Crippen LogP contribution >= 0.6 is 15.9 Å². The zero-order valence-electron chi connectivity index (χ0n) is 13.3. The van der Waals surface area contributed by atoms with Crippen LogP contribution in [0.15, 0.2) is 22.9 Å². The number of halogens is 1. The van der Waals surface area contributed by atoms with E-state index in [1.54, 1.807) is 17.3 Å².